The zero-order chi connectivity index (χ0) is 6.27. The molecule has 1 atom stereocenters. The van der Waals surface area contributed by atoms with Crippen molar-refractivity contribution in [3.63, 3.8) is 0 Å². The van der Waals surface area contributed by atoms with E-state index in [1.807, 2.05) is 6.08 Å². The quantitative estimate of drug-likeness (QED) is 0.433. The van der Waals surface area contributed by atoms with Gasteiger partial charge in [-0.1, -0.05) is 6.08 Å². The normalized spacial score (nSPS) is 30.0. The molecule has 0 aromatic rings. The summed E-state index contributed by atoms with van der Waals surface area (Å²) < 4.78 is 4.71. The third kappa shape index (κ3) is 0.575. The molecule has 2 rings (SSSR count). The van der Waals surface area contributed by atoms with Gasteiger partial charge in [0, 0.05) is 0 Å². The highest BCUT2D eigenvalue weighted by Crippen LogP contribution is 2.15. The van der Waals surface area contributed by atoms with Crippen LogP contribution in [0.15, 0.2) is 17.1 Å². The van der Waals surface area contributed by atoms with Crippen molar-refractivity contribution < 1.29 is 9.53 Å². The maximum Gasteiger partial charge on any atom is 0.338 e. The zero-order valence-corrected chi connectivity index (χ0v) is 4.70. The molecule has 0 fully saturated rings. The second kappa shape index (κ2) is 1.43. The number of fused-ring (bicyclic) bond motifs is 1. The Hall–Kier alpha value is -1.12. The largest absolute Gasteiger partial charge is 0.406 e. The number of esters is 1. The lowest BCUT2D eigenvalue weighted by atomic mass is 10.2. The predicted octanol–water partition coefficient (Wildman–Crippen LogP) is 0.270. The number of hydrogen-bond acceptors (Lipinski definition) is 3. The first kappa shape index (κ1) is 4.73. The first-order chi connectivity index (χ1) is 4.36. The van der Waals surface area contributed by atoms with Crippen molar-refractivity contribution in [1.29, 1.82) is 0 Å². The Bertz CT molecular complexity index is 217. The van der Waals surface area contributed by atoms with E-state index in [2.05, 4.69) is 4.99 Å². The average molecular weight is 123 g/mol. The summed E-state index contributed by atoms with van der Waals surface area (Å²) in [6.45, 7) is 0. The Morgan fingerprint density at radius 3 is 3.33 bits per heavy atom. The van der Waals surface area contributed by atoms with Gasteiger partial charge in [-0.05, 0) is 12.5 Å². The number of aliphatic imine (C=N–C) groups is 1. The maximum absolute atomic E-state index is 10.7. The minimum Gasteiger partial charge on any atom is -0.406 e. The molecule has 9 heavy (non-hydrogen) atoms. The monoisotopic (exact) mass is 123 g/mol. The van der Waals surface area contributed by atoms with Crippen molar-refractivity contribution >= 4 is 11.9 Å². The van der Waals surface area contributed by atoms with E-state index in [0.29, 0.717) is 12.3 Å². The van der Waals surface area contributed by atoms with Crippen molar-refractivity contribution in [2.45, 2.75) is 12.5 Å². The minimum atomic E-state index is -0.231. The molecule has 0 aromatic heterocycles. The molecule has 0 saturated carbocycles. The Morgan fingerprint density at radius 1 is 1.78 bits per heavy atom. The standard InChI is InChI=1S/C6H5NO2/c8-6-4-2-1-3-5(7-4)9-6/h1,3-4H,2H2. The number of ether oxygens (including phenoxy) is 1. The molecule has 2 bridgehead atoms. The van der Waals surface area contributed by atoms with Crippen LogP contribution in [0, 0.1) is 0 Å². The summed E-state index contributed by atoms with van der Waals surface area (Å²) >= 11 is 0. The predicted molar refractivity (Wildman–Crippen MR) is 31.1 cm³/mol. The second-order valence-electron chi connectivity index (χ2n) is 2.04. The summed E-state index contributed by atoms with van der Waals surface area (Å²) in [5.74, 6) is 0.256. The molecule has 0 spiro atoms. The van der Waals surface area contributed by atoms with E-state index in [-0.39, 0.29) is 12.0 Å². The van der Waals surface area contributed by atoms with Crippen LogP contribution < -0.4 is 0 Å². The molecule has 46 valence electrons. The van der Waals surface area contributed by atoms with E-state index in [9.17, 15) is 4.79 Å². The molecule has 3 nitrogen and oxygen atoms in total. The summed E-state index contributed by atoms with van der Waals surface area (Å²) in [7, 11) is 0. The molecule has 0 N–H and O–H groups in total. The third-order valence-corrected chi connectivity index (χ3v) is 1.38. The SMILES string of the molecule is O=C1OC2=NC1CC=C2. The highest BCUT2D eigenvalue weighted by atomic mass is 16.6. The molecule has 0 aliphatic carbocycles. The van der Waals surface area contributed by atoms with Crippen LogP contribution in [0.4, 0.5) is 0 Å². The summed E-state index contributed by atoms with van der Waals surface area (Å²) in [5, 5.41) is 0. The van der Waals surface area contributed by atoms with Gasteiger partial charge in [-0.3, -0.25) is 0 Å². The summed E-state index contributed by atoms with van der Waals surface area (Å²) in [6.07, 6.45) is 4.32. The molecule has 1 unspecified atom stereocenters. The summed E-state index contributed by atoms with van der Waals surface area (Å²) in [5.41, 5.74) is 0. The number of hydrogen-bond donors (Lipinski definition) is 0. The number of carbonyl (C=O) groups excluding carboxylic acids is 1. The van der Waals surface area contributed by atoms with Crippen LogP contribution in [0.5, 0.6) is 0 Å². The highest BCUT2D eigenvalue weighted by molar-refractivity contribution is 6.03. The molecule has 0 amide bonds. The topological polar surface area (TPSA) is 38.7 Å². The van der Waals surface area contributed by atoms with Crippen LogP contribution in [0.1, 0.15) is 6.42 Å². The third-order valence-electron chi connectivity index (χ3n) is 1.38. The fourth-order valence-electron chi connectivity index (χ4n) is 0.927. The molecule has 0 radical (unpaired) electrons. The van der Waals surface area contributed by atoms with E-state index in [1.54, 1.807) is 6.08 Å². The molecular formula is C6H5NO2. The smallest absolute Gasteiger partial charge is 0.338 e. The van der Waals surface area contributed by atoms with Crippen LogP contribution in [0.25, 0.3) is 0 Å². The fraction of sp³-hybridized carbons (Fsp3) is 0.333. The van der Waals surface area contributed by atoms with Crippen LogP contribution in [0.3, 0.4) is 0 Å². The van der Waals surface area contributed by atoms with Gasteiger partial charge in [0.05, 0.1) is 0 Å². The molecule has 2 heterocycles. The molecule has 3 heteroatoms. The van der Waals surface area contributed by atoms with E-state index >= 15 is 0 Å². The van der Waals surface area contributed by atoms with E-state index < -0.39 is 0 Å². The van der Waals surface area contributed by atoms with Gasteiger partial charge < -0.3 is 4.74 Å². The molecule has 2 aliphatic rings. The van der Waals surface area contributed by atoms with Gasteiger partial charge in [-0.15, -0.1) is 0 Å². The number of dihydropyridines is 1. The van der Waals surface area contributed by atoms with Crippen molar-refractivity contribution in [2.75, 3.05) is 0 Å². The second-order valence-corrected chi connectivity index (χ2v) is 2.04. The van der Waals surface area contributed by atoms with Crippen LogP contribution >= 0.6 is 0 Å². The highest BCUT2D eigenvalue weighted by Gasteiger charge is 2.28. The number of rotatable bonds is 0. The van der Waals surface area contributed by atoms with E-state index in [0.717, 1.165) is 0 Å². The summed E-state index contributed by atoms with van der Waals surface area (Å²) in [6, 6.07) is -0.231. The summed E-state index contributed by atoms with van der Waals surface area (Å²) in [4.78, 5) is 14.6. The van der Waals surface area contributed by atoms with Crippen LogP contribution in [-0.4, -0.2) is 17.9 Å². The lowest BCUT2D eigenvalue weighted by Crippen LogP contribution is -2.12. The van der Waals surface area contributed by atoms with Crippen LogP contribution in [-0.2, 0) is 9.53 Å². The van der Waals surface area contributed by atoms with Crippen molar-refractivity contribution in [3.05, 3.63) is 12.2 Å². The van der Waals surface area contributed by atoms with Gasteiger partial charge >= 0.3 is 5.97 Å². The Morgan fingerprint density at radius 2 is 2.67 bits per heavy atom. The Balaban J connectivity index is 2.36. The first-order valence-electron chi connectivity index (χ1n) is 2.82. The number of carbonyl (C=O) groups is 1. The van der Waals surface area contributed by atoms with Gasteiger partial charge in [-0.2, -0.15) is 0 Å². The lowest BCUT2D eigenvalue weighted by molar-refractivity contribution is -0.134. The Labute approximate surface area is 52.0 Å². The lowest BCUT2D eigenvalue weighted by Gasteiger charge is -1.95. The van der Waals surface area contributed by atoms with E-state index in [4.69, 9.17) is 4.74 Å². The molecular weight excluding hydrogens is 118 g/mol. The van der Waals surface area contributed by atoms with Gasteiger partial charge in [-0.25, -0.2) is 9.79 Å². The average Bonchev–Trinajstić information content (AvgIpc) is 2.09. The van der Waals surface area contributed by atoms with E-state index in [1.165, 1.54) is 0 Å². The van der Waals surface area contributed by atoms with Gasteiger partial charge in [0.2, 0.25) is 5.90 Å². The van der Waals surface area contributed by atoms with Crippen molar-refractivity contribution in [1.82, 2.24) is 0 Å². The van der Waals surface area contributed by atoms with Crippen LogP contribution in [0.2, 0.25) is 0 Å². The van der Waals surface area contributed by atoms with Crippen molar-refractivity contribution in [3.8, 4) is 0 Å². The first-order valence-corrected chi connectivity index (χ1v) is 2.82. The molecule has 0 saturated heterocycles. The molecule has 0 aromatic carbocycles. The van der Waals surface area contributed by atoms with Gasteiger partial charge in [0.15, 0.2) is 6.04 Å². The van der Waals surface area contributed by atoms with Gasteiger partial charge in [0.25, 0.3) is 0 Å². The number of nitrogens with zero attached hydrogens (tertiary/aromatic N) is 1. The Kier molecular flexibility index (Phi) is 0.754. The fourth-order valence-corrected chi connectivity index (χ4v) is 0.927. The van der Waals surface area contributed by atoms with Gasteiger partial charge in [0.1, 0.15) is 0 Å². The molecule has 2 aliphatic heterocycles. The zero-order valence-electron chi connectivity index (χ0n) is 4.70. The minimum absolute atomic E-state index is 0.213. The van der Waals surface area contributed by atoms with Crippen molar-refractivity contribution in [2.24, 2.45) is 4.99 Å². The maximum atomic E-state index is 10.7.